The summed E-state index contributed by atoms with van der Waals surface area (Å²) in [5, 5.41) is 14.1. The van der Waals surface area contributed by atoms with Gasteiger partial charge in [-0.25, -0.2) is 12.8 Å². The highest BCUT2D eigenvalue weighted by atomic mass is 35.5. The van der Waals surface area contributed by atoms with Crippen molar-refractivity contribution >= 4 is 33.2 Å². The van der Waals surface area contributed by atoms with E-state index in [2.05, 4.69) is 25.3 Å². The Hall–Kier alpha value is -2.07. The number of aromatic amines is 1. The lowest BCUT2D eigenvalue weighted by Gasteiger charge is -2.25. The van der Waals surface area contributed by atoms with E-state index in [1.165, 1.54) is 12.1 Å². The van der Waals surface area contributed by atoms with Gasteiger partial charge in [-0.3, -0.25) is 0 Å². The maximum atomic E-state index is 13.8. The molecule has 0 aliphatic carbocycles. The molecule has 0 radical (unpaired) electrons. The van der Waals surface area contributed by atoms with Crippen LogP contribution in [0.4, 0.5) is 4.39 Å². The van der Waals surface area contributed by atoms with Crippen molar-refractivity contribution in [3.63, 3.8) is 0 Å². The molecule has 0 spiro atoms. The molecule has 0 unspecified atom stereocenters. The number of aryl methyl sites for hydroxylation is 1. The summed E-state index contributed by atoms with van der Waals surface area (Å²) in [6, 6.07) is 5.99. The Bertz CT molecular complexity index is 1140. The fourth-order valence-electron chi connectivity index (χ4n) is 3.09. The van der Waals surface area contributed by atoms with Gasteiger partial charge in [-0.1, -0.05) is 41.4 Å². The number of tetrazole rings is 1. The molecule has 1 aromatic heterocycles. The van der Waals surface area contributed by atoms with Crippen LogP contribution in [0.25, 0.3) is 0 Å². The fraction of sp³-hybridized carbons (Fsp3) is 0.278. The topological polar surface area (TPSA) is 101 Å². The average Bonchev–Trinajstić information content (AvgIpc) is 3.19. The lowest BCUT2D eigenvalue weighted by atomic mass is 9.88. The van der Waals surface area contributed by atoms with Crippen molar-refractivity contribution in [1.82, 2.24) is 25.3 Å². The van der Waals surface area contributed by atoms with Crippen molar-refractivity contribution in [2.45, 2.75) is 37.6 Å². The van der Waals surface area contributed by atoms with Gasteiger partial charge in [0, 0.05) is 10.9 Å². The molecule has 0 aliphatic heterocycles. The van der Waals surface area contributed by atoms with Crippen molar-refractivity contribution in [3.05, 3.63) is 68.7 Å². The average molecular weight is 458 g/mol. The van der Waals surface area contributed by atoms with Crippen LogP contribution in [-0.2, 0) is 10.0 Å². The summed E-state index contributed by atoms with van der Waals surface area (Å²) in [6.07, 6.45) is 0. The van der Waals surface area contributed by atoms with Gasteiger partial charge < -0.3 is 0 Å². The molecule has 0 saturated carbocycles. The first kappa shape index (κ1) is 21.6. The van der Waals surface area contributed by atoms with E-state index < -0.39 is 27.8 Å². The fourth-order valence-corrected chi connectivity index (χ4v) is 4.87. The number of benzene rings is 2. The maximum Gasteiger partial charge on any atom is 0.241 e. The summed E-state index contributed by atoms with van der Waals surface area (Å²) in [6.45, 7) is 5.65. The molecule has 11 heteroatoms. The molecule has 0 saturated heterocycles. The Morgan fingerprint density at radius 2 is 1.83 bits per heavy atom. The van der Waals surface area contributed by atoms with Crippen LogP contribution in [0.5, 0.6) is 0 Å². The van der Waals surface area contributed by atoms with Crippen molar-refractivity contribution in [2.24, 2.45) is 0 Å². The number of hydrogen-bond donors (Lipinski definition) is 2. The molecule has 7 nitrogen and oxygen atoms in total. The molecule has 3 rings (SSSR count). The largest absolute Gasteiger partial charge is 0.241 e. The number of H-pyrrole nitrogens is 1. The number of aromatic nitrogens is 4. The summed E-state index contributed by atoms with van der Waals surface area (Å²) in [4.78, 5) is -0.271. The van der Waals surface area contributed by atoms with Crippen LogP contribution in [-0.4, -0.2) is 29.0 Å². The zero-order valence-electron chi connectivity index (χ0n) is 15.7. The van der Waals surface area contributed by atoms with Gasteiger partial charge in [0.15, 0.2) is 5.82 Å². The van der Waals surface area contributed by atoms with Crippen LogP contribution < -0.4 is 4.72 Å². The van der Waals surface area contributed by atoms with Crippen LogP contribution in [0.3, 0.4) is 0 Å². The highest BCUT2D eigenvalue weighted by Gasteiger charge is 2.32. The minimum Gasteiger partial charge on any atom is -0.207 e. The standard InChI is InChI=1S/C18H18Cl2FN5O2S/c1-9-4-6-14(20)16(10(9)2)11(3)17(18-22-25-26-23-18)24-29(27,28)12-5-7-13(19)15(21)8-12/h4-8,11,17,24H,1-3H3,(H,22,23,25,26)/t11-,17+/m1/s1. The van der Waals surface area contributed by atoms with E-state index in [1.54, 1.807) is 13.0 Å². The lowest BCUT2D eigenvalue weighted by Crippen LogP contribution is -2.33. The van der Waals surface area contributed by atoms with Crippen LogP contribution >= 0.6 is 23.2 Å². The SMILES string of the molecule is Cc1ccc(Cl)c([C@@H](C)[C@H](NS(=O)(=O)c2ccc(Cl)c(F)c2)c2nn[nH]n2)c1C. The van der Waals surface area contributed by atoms with Crippen LogP contribution in [0.15, 0.2) is 35.2 Å². The highest BCUT2D eigenvalue weighted by Crippen LogP contribution is 2.37. The Morgan fingerprint density at radius 3 is 2.45 bits per heavy atom. The van der Waals surface area contributed by atoms with Gasteiger partial charge in [0.25, 0.3) is 0 Å². The molecule has 0 aliphatic rings. The summed E-state index contributed by atoms with van der Waals surface area (Å²) >= 11 is 12.1. The molecule has 0 fully saturated rings. The van der Waals surface area contributed by atoms with Crippen molar-refractivity contribution in [1.29, 1.82) is 0 Å². The number of nitrogens with one attached hydrogen (secondary N) is 2. The smallest absolute Gasteiger partial charge is 0.207 e. The Labute approximate surface area is 177 Å². The Balaban J connectivity index is 2.05. The molecule has 1 heterocycles. The Morgan fingerprint density at radius 1 is 1.14 bits per heavy atom. The van der Waals surface area contributed by atoms with Gasteiger partial charge in [-0.05, 0) is 54.8 Å². The minimum atomic E-state index is -4.13. The van der Waals surface area contributed by atoms with Gasteiger partial charge in [0.05, 0.1) is 16.0 Å². The monoisotopic (exact) mass is 457 g/mol. The van der Waals surface area contributed by atoms with E-state index >= 15 is 0 Å². The van der Waals surface area contributed by atoms with E-state index in [0.717, 1.165) is 22.8 Å². The second-order valence-corrected chi connectivity index (χ2v) is 9.16. The molecule has 29 heavy (non-hydrogen) atoms. The maximum absolute atomic E-state index is 13.8. The minimum absolute atomic E-state index is 0.132. The van der Waals surface area contributed by atoms with E-state index in [0.29, 0.717) is 5.02 Å². The van der Waals surface area contributed by atoms with Crippen LogP contribution in [0, 0.1) is 19.7 Å². The third-order valence-corrected chi connectivity index (χ3v) is 6.89. The summed E-state index contributed by atoms with van der Waals surface area (Å²) in [5.41, 5.74) is 2.69. The molecule has 0 amide bonds. The molecule has 2 atom stereocenters. The van der Waals surface area contributed by atoms with Crippen LogP contribution in [0.1, 0.15) is 41.4 Å². The van der Waals surface area contributed by atoms with Gasteiger partial charge in [0.1, 0.15) is 5.82 Å². The second kappa shape index (κ2) is 8.35. The van der Waals surface area contributed by atoms with Crippen molar-refractivity contribution < 1.29 is 12.8 Å². The van der Waals surface area contributed by atoms with Gasteiger partial charge in [-0.15, -0.1) is 10.2 Å². The Kier molecular flexibility index (Phi) is 6.23. The van der Waals surface area contributed by atoms with E-state index in [4.69, 9.17) is 23.2 Å². The number of nitrogens with zero attached hydrogens (tertiary/aromatic N) is 3. The number of halogens is 3. The highest BCUT2D eigenvalue weighted by molar-refractivity contribution is 7.89. The molecule has 2 N–H and O–H groups in total. The second-order valence-electron chi connectivity index (χ2n) is 6.64. The molecule has 3 aromatic rings. The van der Waals surface area contributed by atoms with E-state index in [-0.39, 0.29) is 15.7 Å². The number of sulfonamides is 1. The predicted molar refractivity (Wildman–Crippen MR) is 108 cm³/mol. The molecule has 2 aromatic carbocycles. The first-order chi connectivity index (χ1) is 13.6. The van der Waals surface area contributed by atoms with E-state index in [1.807, 2.05) is 19.9 Å². The molecular weight excluding hydrogens is 440 g/mol. The zero-order valence-corrected chi connectivity index (χ0v) is 18.1. The molecule has 0 bridgehead atoms. The van der Waals surface area contributed by atoms with Gasteiger partial charge >= 0.3 is 0 Å². The third-order valence-electron chi connectivity index (χ3n) is 4.81. The predicted octanol–water partition coefficient (Wildman–Crippen LogP) is 4.09. The zero-order chi connectivity index (χ0) is 21.3. The third kappa shape index (κ3) is 4.42. The van der Waals surface area contributed by atoms with Crippen molar-refractivity contribution in [2.75, 3.05) is 0 Å². The summed E-state index contributed by atoms with van der Waals surface area (Å²) in [5.74, 6) is -1.16. The van der Waals surface area contributed by atoms with Gasteiger partial charge in [0.2, 0.25) is 10.0 Å². The summed E-state index contributed by atoms with van der Waals surface area (Å²) < 4.78 is 42.2. The first-order valence-electron chi connectivity index (χ1n) is 8.58. The molecular formula is C18H18Cl2FN5O2S. The van der Waals surface area contributed by atoms with Gasteiger partial charge in [-0.2, -0.15) is 9.94 Å². The number of hydrogen-bond acceptors (Lipinski definition) is 5. The summed E-state index contributed by atoms with van der Waals surface area (Å²) in [7, 11) is -4.13. The lowest BCUT2D eigenvalue weighted by molar-refractivity contribution is 0.495. The van der Waals surface area contributed by atoms with Crippen LogP contribution in [0.2, 0.25) is 10.0 Å². The molecule has 154 valence electrons. The quantitative estimate of drug-likeness (QED) is 0.580. The first-order valence-corrected chi connectivity index (χ1v) is 10.8. The number of rotatable bonds is 6. The normalized spacial score (nSPS) is 14.0. The van der Waals surface area contributed by atoms with E-state index in [9.17, 15) is 12.8 Å². The van der Waals surface area contributed by atoms with Crippen molar-refractivity contribution in [3.8, 4) is 0 Å².